The Morgan fingerprint density at radius 2 is 1.56 bits per heavy atom. The van der Waals surface area contributed by atoms with E-state index in [0.717, 1.165) is 72.7 Å². The molecule has 224 valence electrons. The first-order valence-electron chi connectivity index (χ1n) is 15.2. The summed E-state index contributed by atoms with van der Waals surface area (Å²) in [6.45, 7) is 3.82. The van der Waals surface area contributed by atoms with Gasteiger partial charge in [-0.25, -0.2) is 24.9 Å². The number of benzene rings is 2. The van der Waals surface area contributed by atoms with Crippen LogP contribution in [0, 0.1) is 5.41 Å². The minimum atomic E-state index is 0.180. The highest BCUT2D eigenvalue weighted by atomic mass is 35.5. The van der Waals surface area contributed by atoms with Gasteiger partial charge in [-0.05, 0) is 79.4 Å². The summed E-state index contributed by atoms with van der Waals surface area (Å²) >= 11 is 6.07. The Labute approximate surface area is 265 Å². The van der Waals surface area contributed by atoms with Crippen LogP contribution in [0.5, 0.6) is 0 Å². The van der Waals surface area contributed by atoms with Gasteiger partial charge >= 0.3 is 0 Å². The van der Waals surface area contributed by atoms with Crippen molar-refractivity contribution in [1.82, 2.24) is 34.5 Å². The van der Waals surface area contributed by atoms with Crippen molar-refractivity contribution >= 4 is 40.2 Å². The van der Waals surface area contributed by atoms with Gasteiger partial charge in [-0.2, -0.15) is 4.98 Å². The second-order valence-corrected chi connectivity index (χ2v) is 12.2. The average Bonchev–Trinajstić information content (AvgIpc) is 3.66. The fourth-order valence-electron chi connectivity index (χ4n) is 6.86. The van der Waals surface area contributed by atoms with Crippen LogP contribution in [0.15, 0.2) is 91.4 Å². The second-order valence-electron chi connectivity index (χ2n) is 11.9. The molecule has 2 aliphatic heterocycles. The number of hydrogen-bond donors (Lipinski definition) is 1. The summed E-state index contributed by atoms with van der Waals surface area (Å²) in [5.74, 6) is 1.80. The number of halogens is 1. The van der Waals surface area contributed by atoms with Crippen molar-refractivity contribution in [3.05, 3.63) is 96.7 Å². The number of nitrogens with zero attached hydrogens (tertiary/aromatic N) is 9. The van der Waals surface area contributed by atoms with Gasteiger partial charge in [0.15, 0.2) is 11.5 Å². The van der Waals surface area contributed by atoms with Crippen molar-refractivity contribution < 1.29 is 0 Å². The summed E-state index contributed by atoms with van der Waals surface area (Å²) in [5, 5.41) is 0.235. The maximum absolute atomic E-state index is 6.36. The van der Waals surface area contributed by atoms with Crippen molar-refractivity contribution in [2.75, 3.05) is 41.7 Å². The molecule has 6 heterocycles. The molecule has 4 aromatic heterocycles. The molecule has 0 radical (unpaired) electrons. The molecule has 11 heteroatoms. The molecule has 0 bridgehead atoms. The van der Waals surface area contributed by atoms with Crippen molar-refractivity contribution in [3.8, 4) is 28.3 Å². The molecule has 6 aromatic rings. The van der Waals surface area contributed by atoms with E-state index >= 15 is 0 Å². The lowest BCUT2D eigenvalue weighted by atomic mass is 9.79. The summed E-state index contributed by atoms with van der Waals surface area (Å²) in [7, 11) is 0. The number of imidazole rings is 1. The molecule has 2 aliphatic rings. The highest BCUT2D eigenvalue weighted by Gasteiger charge is 2.42. The monoisotopic (exact) mass is 614 g/mol. The van der Waals surface area contributed by atoms with Crippen LogP contribution in [0.1, 0.15) is 19.3 Å². The van der Waals surface area contributed by atoms with Crippen LogP contribution in [0.25, 0.3) is 39.5 Å². The van der Waals surface area contributed by atoms with Gasteiger partial charge in [0.05, 0.1) is 11.3 Å². The van der Waals surface area contributed by atoms with E-state index in [0.29, 0.717) is 17.6 Å². The second kappa shape index (κ2) is 11.1. The predicted octanol–water partition coefficient (Wildman–Crippen LogP) is 6.07. The van der Waals surface area contributed by atoms with Gasteiger partial charge < -0.3 is 15.5 Å². The smallest absolute Gasteiger partial charge is 0.229 e. The molecule has 10 nitrogen and oxygen atoms in total. The van der Waals surface area contributed by atoms with Crippen LogP contribution < -0.4 is 15.5 Å². The van der Waals surface area contributed by atoms with Crippen molar-refractivity contribution in [2.45, 2.75) is 19.3 Å². The zero-order valence-corrected chi connectivity index (χ0v) is 25.3. The fraction of sp³-hybridized carbons (Fsp3) is 0.235. The Kier molecular flexibility index (Phi) is 6.79. The minimum Gasteiger partial charge on any atom is -0.383 e. The van der Waals surface area contributed by atoms with Crippen LogP contribution >= 0.6 is 11.6 Å². The molecule has 0 aliphatic carbocycles. The Hall–Kier alpha value is -5.09. The van der Waals surface area contributed by atoms with Crippen molar-refractivity contribution in [3.63, 3.8) is 0 Å². The molecule has 2 saturated heterocycles. The molecule has 1 atom stereocenters. The lowest BCUT2D eigenvalue weighted by Gasteiger charge is -2.40. The number of nitrogen functional groups attached to an aromatic ring is 1. The maximum Gasteiger partial charge on any atom is 0.229 e. The Bertz CT molecular complexity index is 1990. The number of fused-ring (bicyclic) bond motifs is 1. The molecule has 1 spiro atoms. The Morgan fingerprint density at radius 3 is 2.38 bits per heavy atom. The predicted molar refractivity (Wildman–Crippen MR) is 177 cm³/mol. The third-order valence-electron chi connectivity index (χ3n) is 9.04. The number of hydrogen-bond acceptors (Lipinski definition) is 9. The number of pyridine rings is 2. The Balaban J connectivity index is 1.12. The molecule has 1 unspecified atom stereocenters. The molecule has 8 rings (SSSR count). The zero-order valence-electron chi connectivity index (χ0n) is 24.6. The van der Waals surface area contributed by atoms with E-state index in [-0.39, 0.29) is 10.7 Å². The number of piperidine rings is 1. The molecule has 2 fully saturated rings. The van der Waals surface area contributed by atoms with Gasteiger partial charge in [0.1, 0.15) is 17.7 Å². The first-order chi connectivity index (χ1) is 22.1. The van der Waals surface area contributed by atoms with Gasteiger partial charge in [0.25, 0.3) is 0 Å². The first kappa shape index (κ1) is 27.5. The molecule has 2 N–H and O–H groups in total. The molecule has 0 saturated carbocycles. The van der Waals surface area contributed by atoms with Crippen LogP contribution in [-0.2, 0) is 0 Å². The molecule has 2 aromatic carbocycles. The largest absolute Gasteiger partial charge is 0.383 e. The van der Waals surface area contributed by atoms with Crippen LogP contribution in [0.4, 0.5) is 17.5 Å². The molecule has 45 heavy (non-hydrogen) atoms. The highest BCUT2D eigenvalue weighted by molar-refractivity contribution is 6.28. The normalized spacial score (nSPS) is 18.2. The van der Waals surface area contributed by atoms with E-state index in [1.165, 1.54) is 18.4 Å². The summed E-state index contributed by atoms with van der Waals surface area (Å²) in [4.78, 5) is 31.9. The van der Waals surface area contributed by atoms with Gasteiger partial charge in [-0.1, -0.05) is 30.3 Å². The number of aromatic nitrogens is 7. The molecule has 0 amide bonds. The molecular formula is C34H31ClN10. The van der Waals surface area contributed by atoms with Crippen molar-refractivity contribution in [2.24, 2.45) is 5.41 Å². The van der Waals surface area contributed by atoms with E-state index < -0.39 is 0 Å². The lowest BCUT2D eigenvalue weighted by molar-refractivity contribution is 0.262. The zero-order chi connectivity index (χ0) is 30.4. The number of anilines is 3. The third kappa shape index (κ3) is 5.10. The van der Waals surface area contributed by atoms with E-state index in [9.17, 15) is 0 Å². The average molecular weight is 615 g/mol. The SMILES string of the molecule is Nc1ncccc1-c1nc2ccc(-c3ccccc3)nc2n1-c1ccc(N2CCC3(CCCN(c4ncnc(Cl)n4)C3)C2)cc1. The van der Waals surface area contributed by atoms with Crippen LogP contribution in [0.2, 0.25) is 5.28 Å². The lowest BCUT2D eigenvalue weighted by Crippen LogP contribution is -2.45. The minimum absolute atomic E-state index is 0.180. The first-order valence-corrected chi connectivity index (χ1v) is 15.5. The van der Waals surface area contributed by atoms with E-state index in [1.54, 1.807) is 6.20 Å². The quantitative estimate of drug-likeness (QED) is 0.247. The van der Waals surface area contributed by atoms with Gasteiger partial charge in [-0.3, -0.25) is 4.57 Å². The summed E-state index contributed by atoms with van der Waals surface area (Å²) in [6, 6.07) is 26.7. The summed E-state index contributed by atoms with van der Waals surface area (Å²) in [6.07, 6.45) is 6.59. The topological polar surface area (TPSA) is 115 Å². The van der Waals surface area contributed by atoms with Crippen molar-refractivity contribution in [1.29, 1.82) is 0 Å². The number of nitrogens with two attached hydrogens (primary N) is 1. The molecular weight excluding hydrogens is 584 g/mol. The van der Waals surface area contributed by atoms with E-state index in [1.807, 2.05) is 42.5 Å². The Morgan fingerprint density at radius 1 is 0.733 bits per heavy atom. The fourth-order valence-corrected chi connectivity index (χ4v) is 6.98. The van der Waals surface area contributed by atoms with Crippen LogP contribution in [0.3, 0.4) is 0 Å². The summed E-state index contributed by atoms with van der Waals surface area (Å²) < 4.78 is 2.09. The third-order valence-corrected chi connectivity index (χ3v) is 9.22. The standard InChI is InChI=1S/C34H31ClN10/c35-32-38-22-39-33(42-32)44-18-5-15-34(21-44)16-19-43(20-34)24-9-11-25(12-10-24)45-30(26-8-4-17-37-29(26)36)41-28-14-13-27(40-31(28)45)23-6-2-1-3-7-23/h1-4,6-14,17,22H,5,15-16,18-21H2,(H2,36,37). The maximum atomic E-state index is 6.36. The van der Waals surface area contributed by atoms with Gasteiger partial charge in [0.2, 0.25) is 11.2 Å². The van der Waals surface area contributed by atoms with E-state index in [4.69, 9.17) is 27.3 Å². The van der Waals surface area contributed by atoms with Crippen LogP contribution in [-0.4, -0.2) is 60.6 Å². The highest BCUT2D eigenvalue weighted by Crippen LogP contribution is 2.42. The van der Waals surface area contributed by atoms with E-state index in [2.05, 4.69) is 70.7 Å². The van der Waals surface area contributed by atoms with Gasteiger partial charge in [-0.15, -0.1) is 0 Å². The number of rotatable bonds is 5. The van der Waals surface area contributed by atoms with Gasteiger partial charge in [0, 0.05) is 54.7 Å². The summed E-state index contributed by atoms with van der Waals surface area (Å²) in [5.41, 5.74) is 13.0.